The molecule has 148 valence electrons. The highest BCUT2D eigenvalue weighted by atomic mass is 28.3. The number of benzene rings is 1. The number of carbonyl (C=O) groups is 2. The minimum absolute atomic E-state index is 0.134. The van der Waals surface area contributed by atoms with Crippen LogP contribution in [0.5, 0.6) is 0 Å². The summed E-state index contributed by atoms with van der Waals surface area (Å²) in [5, 5.41) is -0.544. The molecule has 1 aromatic rings. The number of methoxy groups -OCH3 is 1. The molecule has 27 heavy (non-hydrogen) atoms. The number of likely N-dealkylation sites (tertiary alicyclic amines) is 1. The summed E-state index contributed by atoms with van der Waals surface area (Å²) >= 11 is 0. The van der Waals surface area contributed by atoms with Crippen molar-refractivity contribution >= 4 is 20.0 Å². The second kappa shape index (κ2) is 8.01. The van der Waals surface area contributed by atoms with E-state index in [9.17, 15) is 9.59 Å². The van der Waals surface area contributed by atoms with E-state index >= 15 is 0 Å². The quantitative estimate of drug-likeness (QED) is 0.282. The smallest absolute Gasteiger partial charge is 0.321 e. The SMILES string of the molecule is C=C[C@]1([Si](CC)(CC)CC)CN(Cc2ccccc2)C(=O)[C@@]1(C)C(=O)OC. The van der Waals surface area contributed by atoms with Gasteiger partial charge in [0.05, 0.1) is 15.2 Å². The number of hydrogen-bond acceptors (Lipinski definition) is 3. The van der Waals surface area contributed by atoms with Crippen LogP contribution in [0, 0.1) is 5.41 Å². The van der Waals surface area contributed by atoms with Gasteiger partial charge in [0.1, 0.15) is 0 Å². The van der Waals surface area contributed by atoms with Gasteiger partial charge in [-0.3, -0.25) is 9.59 Å². The highest BCUT2D eigenvalue weighted by Gasteiger charge is 2.70. The summed E-state index contributed by atoms with van der Waals surface area (Å²) in [7, 11) is -0.655. The summed E-state index contributed by atoms with van der Waals surface area (Å²) in [5.41, 5.74) is -0.151. The van der Waals surface area contributed by atoms with Crippen molar-refractivity contribution in [2.24, 2.45) is 5.41 Å². The average Bonchev–Trinajstić information content (AvgIpc) is 2.93. The lowest BCUT2D eigenvalue weighted by Gasteiger charge is -2.50. The maximum atomic E-state index is 13.6. The molecule has 0 aromatic heterocycles. The summed E-state index contributed by atoms with van der Waals surface area (Å²) < 4.78 is 5.18. The number of nitrogens with zero attached hydrogens (tertiary/aromatic N) is 1. The molecule has 1 heterocycles. The topological polar surface area (TPSA) is 46.6 Å². The fourth-order valence-corrected chi connectivity index (χ4v) is 10.9. The van der Waals surface area contributed by atoms with E-state index in [1.54, 1.807) is 6.92 Å². The molecule has 0 radical (unpaired) electrons. The maximum absolute atomic E-state index is 13.6. The third-order valence-electron chi connectivity index (χ3n) is 7.18. The van der Waals surface area contributed by atoms with Crippen LogP contribution < -0.4 is 0 Å². The zero-order valence-electron chi connectivity index (χ0n) is 17.4. The van der Waals surface area contributed by atoms with Gasteiger partial charge < -0.3 is 9.64 Å². The summed E-state index contributed by atoms with van der Waals surface area (Å²) in [6.07, 6.45) is 1.93. The Balaban J connectivity index is 2.63. The number of esters is 1. The van der Waals surface area contributed by atoms with Crippen molar-refractivity contribution in [3.63, 3.8) is 0 Å². The van der Waals surface area contributed by atoms with Gasteiger partial charge in [0.25, 0.3) is 0 Å². The van der Waals surface area contributed by atoms with Gasteiger partial charge >= 0.3 is 5.97 Å². The van der Waals surface area contributed by atoms with E-state index in [2.05, 4.69) is 27.4 Å². The van der Waals surface area contributed by atoms with Crippen LogP contribution in [0.4, 0.5) is 0 Å². The summed E-state index contributed by atoms with van der Waals surface area (Å²) in [5.74, 6) is -0.569. The van der Waals surface area contributed by atoms with E-state index in [1.165, 1.54) is 7.11 Å². The number of carbonyl (C=O) groups excluding carboxylic acids is 2. The number of hydrogen-bond donors (Lipinski definition) is 0. The van der Waals surface area contributed by atoms with E-state index in [4.69, 9.17) is 4.74 Å². The lowest BCUT2D eigenvalue weighted by molar-refractivity contribution is -0.159. The molecule has 1 aromatic carbocycles. The average molecular weight is 388 g/mol. The van der Waals surface area contributed by atoms with E-state index in [0.29, 0.717) is 13.1 Å². The van der Waals surface area contributed by atoms with Crippen LogP contribution in [-0.4, -0.2) is 38.5 Å². The lowest BCUT2D eigenvalue weighted by atomic mass is 9.78. The van der Waals surface area contributed by atoms with Crippen molar-refractivity contribution in [2.75, 3.05) is 13.7 Å². The van der Waals surface area contributed by atoms with E-state index in [1.807, 2.05) is 41.3 Å². The van der Waals surface area contributed by atoms with Crippen LogP contribution in [0.25, 0.3) is 0 Å². The van der Waals surface area contributed by atoms with E-state index in [-0.39, 0.29) is 5.91 Å². The molecule has 0 aliphatic carbocycles. The monoisotopic (exact) mass is 387 g/mol. The molecule has 1 fully saturated rings. The summed E-state index contributed by atoms with van der Waals surface area (Å²) in [6.45, 7) is 13.6. The normalized spacial score (nSPS) is 25.5. The zero-order chi connectivity index (χ0) is 20.3. The van der Waals surface area contributed by atoms with Crippen LogP contribution in [0.15, 0.2) is 43.0 Å². The first kappa shape index (κ1) is 21.4. The molecule has 0 spiro atoms. The molecule has 5 heteroatoms. The van der Waals surface area contributed by atoms with Crippen LogP contribution in [0.1, 0.15) is 33.3 Å². The Morgan fingerprint density at radius 1 is 1.22 bits per heavy atom. The highest BCUT2D eigenvalue weighted by Crippen LogP contribution is 2.63. The Hall–Kier alpha value is -1.88. The molecule has 1 aliphatic heterocycles. The van der Waals surface area contributed by atoms with Crippen molar-refractivity contribution in [3.8, 4) is 0 Å². The molecule has 2 atom stereocenters. The van der Waals surface area contributed by atoms with Gasteiger partial charge in [0.2, 0.25) is 5.91 Å². The van der Waals surface area contributed by atoms with Crippen molar-refractivity contribution < 1.29 is 14.3 Å². The van der Waals surface area contributed by atoms with E-state index in [0.717, 1.165) is 23.7 Å². The first-order chi connectivity index (χ1) is 12.8. The second-order valence-corrected chi connectivity index (χ2v) is 13.4. The molecule has 1 aliphatic rings. The maximum Gasteiger partial charge on any atom is 0.321 e. The van der Waals surface area contributed by atoms with Gasteiger partial charge in [0.15, 0.2) is 5.41 Å². The Kier molecular flexibility index (Phi) is 6.35. The molecule has 4 nitrogen and oxygen atoms in total. The molecule has 0 bridgehead atoms. The second-order valence-electron chi connectivity index (χ2n) is 7.78. The number of ether oxygens (including phenoxy) is 1. The first-order valence-electron chi connectivity index (χ1n) is 9.87. The molecule has 0 N–H and O–H groups in total. The molecule has 1 saturated heterocycles. The Labute approximate surface area is 164 Å². The van der Waals surface area contributed by atoms with Gasteiger partial charge in [0, 0.05) is 18.1 Å². The molecule has 0 unspecified atom stereocenters. The largest absolute Gasteiger partial charge is 0.468 e. The standard InChI is InChI=1S/C22H33NO3Si/c1-7-22(27(8-2,9-3)10-4)17-23(16-18-14-12-11-13-15-18)19(24)21(22,5)20(25)26-6/h7,11-15H,1,8-10,16-17H2,2-6H3/t21-,22-/m0/s1. The number of amides is 1. The Morgan fingerprint density at radius 3 is 2.22 bits per heavy atom. The molecular formula is C22H33NO3Si. The van der Waals surface area contributed by atoms with Crippen LogP contribution in [0.2, 0.25) is 23.2 Å². The fraction of sp³-hybridized carbons (Fsp3) is 0.545. The van der Waals surface area contributed by atoms with Gasteiger partial charge in [-0.25, -0.2) is 0 Å². The highest BCUT2D eigenvalue weighted by molar-refractivity contribution is 6.84. The van der Waals surface area contributed by atoms with Crippen LogP contribution in [0.3, 0.4) is 0 Å². The third kappa shape index (κ3) is 2.96. The van der Waals surface area contributed by atoms with Crippen molar-refractivity contribution in [1.29, 1.82) is 0 Å². The summed E-state index contributed by atoms with van der Waals surface area (Å²) in [4.78, 5) is 28.5. The first-order valence-corrected chi connectivity index (χ1v) is 12.5. The van der Waals surface area contributed by atoms with Crippen molar-refractivity contribution in [1.82, 2.24) is 4.90 Å². The van der Waals surface area contributed by atoms with E-state index < -0.39 is 24.5 Å². The van der Waals surface area contributed by atoms with Crippen molar-refractivity contribution in [2.45, 2.75) is 57.4 Å². The predicted molar refractivity (Wildman–Crippen MR) is 112 cm³/mol. The molecule has 2 rings (SSSR count). The number of rotatable bonds is 8. The Morgan fingerprint density at radius 2 is 1.78 bits per heavy atom. The summed E-state index contributed by atoms with van der Waals surface area (Å²) in [6, 6.07) is 13.0. The molecule has 0 saturated carbocycles. The lowest BCUT2D eigenvalue weighted by Crippen LogP contribution is -2.57. The Bertz CT molecular complexity index is 693. The van der Waals surface area contributed by atoms with Gasteiger partial charge in [-0.05, 0) is 12.5 Å². The third-order valence-corrected chi connectivity index (χ3v) is 14.0. The minimum Gasteiger partial charge on any atom is -0.468 e. The van der Waals surface area contributed by atoms with Gasteiger partial charge in [-0.15, -0.1) is 6.58 Å². The predicted octanol–water partition coefficient (Wildman–Crippen LogP) is 4.64. The molecule has 1 amide bonds. The zero-order valence-corrected chi connectivity index (χ0v) is 18.4. The van der Waals surface area contributed by atoms with Crippen molar-refractivity contribution in [3.05, 3.63) is 48.6 Å². The van der Waals surface area contributed by atoms with Crippen LogP contribution in [-0.2, 0) is 20.9 Å². The minimum atomic E-state index is -2.03. The van der Waals surface area contributed by atoms with Gasteiger partial charge in [-0.1, -0.05) is 75.3 Å². The fourth-order valence-electron chi connectivity index (χ4n) is 5.32. The molecular weight excluding hydrogens is 354 g/mol. The van der Waals surface area contributed by atoms with Gasteiger partial charge in [-0.2, -0.15) is 0 Å². The van der Waals surface area contributed by atoms with Crippen LogP contribution >= 0.6 is 0 Å².